The lowest BCUT2D eigenvalue weighted by Crippen LogP contribution is -2.49. The van der Waals surface area contributed by atoms with Gasteiger partial charge in [0.05, 0.1) is 46.4 Å². The average molecular weight is 1270 g/mol. The molecule has 21 nitrogen and oxygen atoms in total. The smallest absolute Gasteiger partial charge is 0.251 e. The second kappa shape index (κ2) is 28.3. The topological polar surface area (TPSA) is 240 Å². The molecule has 22 heteroatoms. The summed E-state index contributed by atoms with van der Waals surface area (Å²) in [5.74, 6) is 0.252. The predicted molar refractivity (Wildman–Crippen MR) is 371 cm³/mol. The number of imidazole rings is 3. The fourth-order valence-electron chi connectivity index (χ4n) is 12.5. The number of nitrogens with one attached hydrogen (secondary N) is 8. The van der Waals surface area contributed by atoms with E-state index in [-0.39, 0.29) is 28.8 Å². The predicted octanol–water partition coefficient (Wildman–Crippen LogP) is 11.4. The quantitative estimate of drug-likeness (QED) is 0.0420. The summed E-state index contributed by atoms with van der Waals surface area (Å²) < 4.78 is 25.9. The Kier molecular flexibility index (Phi) is 18.7. The molecule has 8 N–H and O–H groups in total. The molecule has 0 bridgehead atoms. The Balaban J connectivity index is 0.000000129. The molecular formula is C73H73FN16O5. The van der Waals surface area contributed by atoms with Crippen molar-refractivity contribution in [2.24, 2.45) is 0 Å². The van der Waals surface area contributed by atoms with E-state index >= 15 is 4.39 Å². The van der Waals surface area contributed by atoms with E-state index in [0.717, 1.165) is 124 Å². The van der Waals surface area contributed by atoms with Gasteiger partial charge in [-0.15, -0.1) is 0 Å². The summed E-state index contributed by atoms with van der Waals surface area (Å²) in [5.41, 5.74) is 16.9. The van der Waals surface area contributed by atoms with Crippen LogP contribution in [0.3, 0.4) is 0 Å². The molecule has 4 aromatic carbocycles. The number of hydrogen-bond acceptors (Lipinski definition) is 14. The van der Waals surface area contributed by atoms with Crippen LogP contribution in [0.25, 0.3) is 50.7 Å². The number of ether oxygens (including phenoxy) is 1. The van der Waals surface area contributed by atoms with E-state index in [1.807, 2.05) is 123 Å². The first-order chi connectivity index (χ1) is 46.4. The summed E-state index contributed by atoms with van der Waals surface area (Å²) in [4.78, 5) is 70.8. The van der Waals surface area contributed by atoms with Gasteiger partial charge in [0.2, 0.25) is 11.1 Å². The van der Waals surface area contributed by atoms with Crippen LogP contribution >= 0.6 is 0 Å². The van der Waals surface area contributed by atoms with Crippen molar-refractivity contribution in [1.82, 2.24) is 59.0 Å². The van der Waals surface area contributed by atoms with Gasteiger partial charge in [-0.2, -0.15) is 0 Å². The molecule has 95 heavy (non-hydrogen) atoms. The number of rotatable bonds is 16. The lowest BCUT2D eigenvalue weighted by molar-refractivity contribution is 0.0935. The van der Waals surface area contributed by atoms with Gasteiger partial charge < -0.3 is 51.5 Å². The summed E-state index contributed by atoms with van der Waals surface area (Å²) in [7, 11) is 1.60. The van der Waals surface area contributed by atoms with Crippen LogP contribution in [0.5, 0.6) is 0 Å². The van der Waals surface area contributed by atoms with Crippen molar-refractivity contribution >= 4 is 68.6 Å². The van der Waals surface area contributed by atoms with E-state index in [0.29, 0.717) is 54.2 Å². The number of aromatic nitrogens is 8. The number of hydrogen-bond donors (Lipinski definition) is 8. The fourth-order valence-corrected chi connectivity index (χ4v) is 12.5. The van der Waals surface area contributed by atoms with Crippen LogP contribution in [-0.2, 0) is 11.3 Å². The monoisotopic (exact) mass is 1270 g/mol. The minimum Gasteiger partial charge on any atom is -0.383 e. The zero-order valence-electron chi connectivity index (χ0n) is 52.9. The van der Waals surface area contributed by atoms with Crippen LogP contribution in [0, 0.1) is 5.82 Å². The molecule has 0 aliphatic carbocycles. The summed E-state index contributed by atoms with van der Waals surface area (Å²) in [6.07, 6.45) is 16.6. The maximum atomic E-state index is 15.0. The Bertz CT molecular complexity index is 4830. The minimum atomic E-state index is -0.238. The standard InChI is InChI=1S/C25H27FN6O.C25H23N5O3.C23H23N5O/c1-17(2)30-11-13-31(14-12-30)23-5-3-19(16-20(23)26)29-21-4-6-22(32-10-9-28-25(21)32)18-7-8-27-24(33)15-18;1-33-13-11-27-24(31)16-2-5-19(6-3-16)29-21-8-9-22(30-12-10-26-23(21)30)17-4-7-20-18(14-17)15-28-25(20)32;29-22-15-18(9-12-25-22)21-6-5-20(23-26-13-14-28(21)23)27-19-3-1-16(2-4-19)17-7-10-24-11-8-17/h3-10,15-17,29H,11-14H2,1-2H3,(H,27,33);2-10,12,14,29H,11,13,15H2,1H3,(H,27,31)(H,28,32);1-6,9,12-15,17,24,27H,7-8,10-11H2,(H,25,29). The molecule has 0 radical (unpaired) electrons. The summed E-state index contributed by atoms with van der Waals surface area (Å²) >= 11 is 0. The van der Waals surface area contributed by atoms with Crippen LogP contribution < -0.4 is 47.9 Å². The summed E-state index contributed by atoms with van der Waals surface area (Å²) in [5, 5.41) is 19.3. The molecule has 0 saturated carbocycles. The van der Waals surface area contributed by atoms with Gasteiger partial charge in [0.1, 0.15) is 5.82 Å². The van der Waals surface area contributed by atoms with Gasteiger partial charge in [0.25, 0.3) is 11.8 Å². The Labute approximate surface area is 547 Å². The molecule has 3 aliphatic rings. The van der Waals surface area contributed by atoms with Crippen molar-refractivity contribution < 1.29 is 18.7 Å². The molecule has 3 aliphatic heterocycles. The van der Waals surface area contributed by atoms with Crippen molar-refractivity contribution in [3.8, 4) is 33.8 Å². The van der Waals surface area contributed by atoms with E-state index in [1.165, 1.54) is 24.5 Å². The SMILES string of the molecule is CC(C)N1CCN(c2ccc(Nc3ccc(-c4cc[nH]c(=O)c4)n4ccnc34)cc2F)CC1.COCCNC(=O)c1ccc(Nc2ccc(-c3ccc4c(c3)CNC4=O)n3ccnc23)cc1.O=c1cc(-c2ccc(Nc3ccc(C4CCNCC4)cc3)c3nccn23)cc[nH]1. The number of fused-ring (bicyclic) bond motifs is 4. The number of carbonyl (C=O) groups excluding carboxylic acids is 2. The number of pyridine rings is 5. The highest BCUT2D eigenvalue weighted by Crippen LogP contribution is 2.34. The number of anilines is 7. The summed E-state index contributed by atoms with van der Waals surface area (Å²) in [6.45, 7) is 11.6. The highest BCUT2D eigenvalue weighted by molar-refractivity contribution is 5.99. The number of nitrogens with zero attached hydrogens (tertiary/aromatic N) is 8. The number of aromatic amines is 2. The van der Waals surface area contributed by atoms with E-state index in [4.69, 9.17) is 4.74 Å². The Morgan fingerprint density at radius 2 is 1.12 bits per heavy atom. The molecule has 0 spiro atoms. The van der Waals surface area contributed by atoms with Gasteiger partial charge in [0, 0.05) is 153 Å². The lowest BCUT2D eigenvalue weighted by Gasteiger charge is -2.38. The minimum absolute atomic E-state index is 0.0256. The van der Waals surface area contributed by atoms with E-state index in [1.54, 1.807) is 62.4 Å². The second-order valence-electron chi connectivity index (χ2n) is 23.8. The maximum Gasteiger partial charge on any atom is 0.251 e. The third kappa shape index (κ3) is 14.1. The molecule has 12 aromatic rings. The largest absolute Gasteiger partial charge is 0.383 e. The van der Waals surface area contributed by atoms with Gasteiger partial charge in [-0.3, -0.25) is 37.3 Å². The first-order valence-corrected chi connectivity index (χ1v) is 31.9. The number of H-pyrrole nitrogens is 2. The number of piperazine rings is 1. The Morgan fingerprint density at radius 3 is 1.63 bits per heavy atom. The van der Waals surface area contributed by atoms with Gasteiger partial charge in [-0.25, -0.2) is 19.3 Å². The molecule has 482 valence electrons. The number of benzene rings is 4. The lowest BCUT2D eigenvalue weighted by atomic mass is 9.90. The highest BCUT2D eigenvalue weighted by Gasteiger charge is 2.23. The molecule has 2 saturated heterocycles. The second-order valence-corrected chi connectivity index (χ2v) is 23.8. The maximum absolute atomic E-state index is 15.0. The Hall–Kier alpha value is -11.2. The Morgan fingerprint density at radius 1 is 0.600 bits per heavy atom. The van der Waals surface area contributed by atoms with Crippen molar-refractivity contribution in [3.63, 3.8) is 0 Å². The van der Waals surface area contributed by atoms with Crippen molar-refractivity contribution in [2.45, 2.75) is 45.2 Å². The van der Waals surface area contributed by atoms with Gasteiger partial charge in [0.15, 0.2) is 16.9 Å². The molecule has 2 amide bonds. The molecule has 8 aromatic heterocycles. The van der Waals surface area contributed by atoms with E-state index < -0.39 is 0 Å². The molecule has 0 unspecified atom stereocenters. The first kappa shape index (κ1) is 62.6. The number of halogens is 1. The van der Waals surface area contributed by atoms with Crippen LogP contribution in [0.2, 0.25) is 0 Å². The average Bonchev–Trinajstić information content (AvgIpc) is 1.78. The van der Waals surface area contributed by atoms with Crippen LogP contribution in [0.1, 0.15) is 64.4 Å². The molecule has 0 atom stereocenters. The summed E-state index contributed by atoms with van der Waals surface area (Å²) in [6, 6.07) is 46.4. The first-order valence-electron chi connectivity index (χ1n) is 31.9. The molecule has 2 fully saturated rings. The van der Waals surface area contributed by atoms with Gasteiger partial charge in [-0.1, -0.05) is 18.2 Å². The van der Waals surface area contributed by atoms with Crippen molar-refractivity contribution in [2.75, 3.05) is 80.4 Å². The zero-order valence-corrected chi connectivity index (χ0v) is 52.9. The van der Waals surface area contributed by atoms with Crippen molar-refractivity contribution in [3.05, 3.63) is 244 Å². The number of methoxy groups -OCH3 is 1. The third-order valence-electron chi connectivity index (χ3n) is 17.5. The van der Waals surface area contributed by atoms with E-state index in [9.17, 15) is 19.2 Å². The number of piperidine rings is 1. The van der Waals surface area contributed by atoms with Gasteiger partial charge in [-0.05, 0) is 178 Å². The fraction of sp³-hybridized carbons (Fsp3) is 0.219. The number of carbonyl (C=O) groups is 2. The van der Waals surface area contributed by atoms with Crippen LogP contribution in [0.15, 0.2) is 205 Å². The normalized spacial score (nSPS) is 14.0. The molecule has 11 heterocycles. The van der Waals surface area contributed by atoms with Crippen LogP contribution in [-0.4, -0.2) is 120 Å². The number of amides is 2. The van der Waals surface area contributed by atoms with E-state index in [2.05, 4.69) is 105 Å². The van der Waals surface area contributed by atoms with Crippen LogP contribution in [0.4, 0.5) is 44.2 Å². The third-order valence-corrected chi connectivity index (χ3v) is 17.5. The molecule has 15 rings (SSSR count). The van der Waals surface area contributed by atoms with Gasteiger partial charge >= 0.3 is 0 Å². The zero-order chi connectivity index (χ0) is 65.4. The molecular weight excluding hydrogens is 1200 g/mol. The van der Waals surface area contributed by atoms with Crippen molar-refractivity contribution in [1.29, 1.82) is 0 Å². The highest BCUT2D eigenvalue weighted by atomic mass is 19.1.